The zero-order valence-electron chi connectivity index (χ0n) is 18.2. The molecular formula is C26H32N4. The van der Waals surface area contributed by atoms with Gasteiger partial charge in [0.25, 0.3) is 0 Å². The number of nitrogens with zero attached hydrogens (tertiary/aromatic N) is 2. The van der Waals surface area contributed by atoms with Gasteiger partial charge in [-0.05, 0) is 81.4 Å². The Morgan fingerprint density at radius 2 is 1.93 bits per heavy atom. The van der Waals surface area contributed by atoms with Crippen molar-refractivity contribution in [3.8, 4) is 11.4 Å². The van der Waals surface area contributed by atoms with Crippen molar-refractivity contribution in [2.45, 2.75) is 52.5 Å². The van der Waals surface area contributed by atoms with Gasteiger partial charge in [-0.25, -0.2) is 4.98 Å². The van der Waals surface area contributed by atoms with Crippen molar-refractivity contribution in [3.63, 3.8) is 0 Å². The molecule has 0 spiro atoms. The quantitative estimate of drug-likeness (QED) is 0.392. The summed E-state index contributed by atoms with van der Waals surface area (Å²) >= 11 is 0. The van der Waals surface area contributed by atoms with Crippen LogP contribution >= 0.6 is 0 Å². The van der Waals surface area contributed by atoms with Crippen molar-refractivity contribution < 1.29 is 0 Å². The standard InChI is InChI=1S/C26H32N4/c1-18-16-19(2)25-23(17-18)28-26(29-25)22-7-5-8-24-21(22)11-15-30(24)14-4-3-6-20-9-12-27-13-10-20/h5,7-8,11,15-17,20,27H,3-4,6,9-10,12-14H2,1-2H3,(H,28,29). The van der Waals surface area contributed by atoms with Crippen LogP contribution in [0.5, 0.6) is 0 Å². The Labute approximate surface area is 178 Å². The van der Waals surface area contributed by atoms with Crippen LogP contribution in [-0.2, 0) is 6.54 Å². The number of rotatable bonds is 6. The number of benzene rings is 2. The molecule has 0 saturated carbocycles. The Balaban J connectivity index is 1.35. The third-order valence-corrected chi connectivity index (χ3v) is 6.71. The van der Waals surface area contributed by atoms with Crippen LogP contribution in [0.1, 0.15) is 43.2 Å². The molecule has 0 amide bonds. The van der Waals surface area contributed by atoms with Gasteiger partial charge >= 0.3 is 0 Å². The number of nitrogens with one attached hydrogen (secondary N) is 2. The summed E-state index contributed by atoms with van der Waals surface area (Å²) in [7, 11) is 0. The van der Waals surface area contributed by atoms with Gasteiger partial charge in [-0.2, -0.15) is 0 Å². The first-order valence-electron chi connectivity index (χ1n) is 11.4. The second-order valence-electron chi connectivity index (χ2n) is 9.00. The first kappa shape index (κ1) is 19.4. The largest absolute Gasteiger partial charge is 0.347 e. The summed E-state index contributed by atoms with van der Waals surface area (Å²) in [4.78, 5) is 8.50. The minimum Gasteiger partial charge on any atom is -0.347 e. The lowest BCUT2D eigenvalue weighted by Crippen LogP contribution is -2.27. The predicted octanol–water partition coefficient (Wildman–Crippen LogP) is 5.97. The Morgan fingerprint density at radius 1 is 1.07 bits per heavy atom. The molecule has 0 atom stereocenters. The molecule has 156 valence electrons. The molecule has 5 rings (SSSR count). The molecule has 2 aromatic carbocycles. The molecule has 0 unspecified atom stereocenters. The van der Waals surface area contributed by atoms with E-state index < -0.39 is 0 Å². The van der Waals surface area contributed by atoms with Gasteiger partial charge in [-0.15, -0.1) is 0 Å². The van der Waals surface area contributed by atoms with Gasteiger partial charge in [-0.3, -0.25) is 0 Å². The van der Waals surface area contributed by atoms with Crippen molar-refractivity contribution in [1.82, 2.24) is 19.9 Å². The first-order valence-corrected chi connectivity index (χ1v) is 11.4. The highest BCUT2D eigenvalue weighted by molar-refractivity contribution is 5.95. The van der Waals surface area contributed by atoms with E-state index in [0.29, 0.717) is 0 Å². The van der Waals surface area contributed by atoms with Gasteiger partial charge in [0.15, 0.2) is 0 Å². The zero-order valence-corrected chi connectivity index (χ0v) is 18.2. The molecule has 30 heavy (non-hydrogen) atoms. The highest BCUT2D eigenvalue weighted by atomic mass is 15.0. The predicted molar refractivity (Wildman–Crippen MR) is 126 cm³/mol. The van der Waals surface area contributed by atoms with Gasteiger partial charge in [0.1, 0.15) is 5.82 Å². The number of H-pyrrole nitrogens is 1. The van der Waals surface area contributed by atoms with E-state index in [9.17, 15) is 0 Å². The van der Waals surface area contributed by atoms with Crippen LogP contribution in [0.3, 0.4) is 0 Å². The zero-order chi connectivity index (χ0) is 20.5. The van der Waals surface area contributed by atoms with Gasteiger partial charge in [-0.1, -0.05) is 31.0 Å². The maximum Gasteiger partial charge on any atom is 0.139 e. The smallest absolute Gasteiger partial charge is 0.139 e. The average molecular weight is 401 g/mol. The summed E-state index contributed by atoms with van der Waals surface area (Å²) in [5.74, 6) is 1.90. The lowest BCUT2D eigenvalue weighted by molar-refractivity contribution is 0.341. The third kappa shape index (κ3) is 3.77. The third-order valence-electron chi connectivity index (χ3n) is 6.71. The summed E-state index contributed by atoms with van der Waals surface area (Å²) < 4.78 is 2.42. The molecule has 4 nitrogen and oxygen atoms in total. The Bertz CT molecular complexity index is 1160. The maximum atomic E-state index is 4.94. The fourth-order valence-corrected chi connectivity index (χ4v) is 5.11. The van der Waals surface area contributed by atoms with Crippen LogP contribution in [0.4, 0.5) is 0 Å². The summed E-state index contributed by atoms with van der Waals surface area (Å²) in [5.41, 5.74) is 7.19. The summed E-state index contributed by atoms with van der Waals surface area (Å²) in [6, 6.07) is 13.2. The SMILES string of the molecule is Cc1cc(C)c2nc(-c3cccc4c3ccn4CCCCC3CCNCC3)[nH]c2c1. The average Bonchev–Trinajstić information content (AvgIpc) is 3.36. The number of imidazole rings is 1. The maximum absolute atomic E-state index is 4.94. The Kier molecular flexibility index (Phi) is 5.34. The molecule has 2 N–H and O–H groups in total. The normalized spacial score (nSPS) is 15.4. The highest BCUT2D eigenvalue weighted by Gasteiger charge is 2.14. The number of aromatic nitrogens is 3. The monoisotopic (exact) mass is 400 g/mol. The molecule has 1 aliphatic rings. The minimum atomic E-state index is 0.930. The molecule has 1 aliphatic heterocycles. The van der Waals surface area contributed by atoms with E-state index in [2.05, 4.69) is 71.3 Å². The molecule has 0 radical (unpaired) electrons. The molecular weight excluding hydrogens is 368 g/mol. The van der Waals surface area contributed by atoms with E-state index in [1.165, 1.54) is 72.8 Å². The number of aryl methyl sites for hydroxylation is 3. The van der Waals surface area contributed by atoms with Crippen molar-refractivity contribution in [2.75, 3.05) is 13.1 Å². The van der Waals surface area contributed by atoms with E-state index in [1.54, 1.807) is 0 Å². The molecule has 4 heteroatoms. The summed E-state index contributed by atoms with van der Waals surface area (Å²) in [5, 5.41) is 4.75. The van der Waals surface area contributed by atoms with Gasteiger partial charge in [0.2, 0.25) is 0 Å². The van der Waals surface area contributed by atoms with Crippen molar-refractivity contribution in [3.05, 3.63) is 53.7 Å². The van der Waals surface area contributed by atoms with Crippen LogP contribution in [0.2, 0.25) is 0 Å². The second kappa shape index (κ2) is 8.27. The molecule has 0 aliphatic carbocycles. The molecule has 0 bridgehead atoms. The topological polar surface area (TPSA) is 45.6 Å². The molecule has 4 aromatic rings. The first-order chi connectivity index (χ1) is 14.7. The highest BCUT2D eigenvalue weighted by Crippen LogP contribution is 2.30. The lowest BCUT2D eigenvalue weighted by Gasteiger charge is -2.22. The fourth-order valence-electron chi connectivity index (χ4n) is 5.11. The number of piperidine rings is 1. The Hall–Kier alpha value is -2.59. The van der Waals surface area contributed by atoms with Crippen LogP contribution in [0.15, 0.2) is 42.6 Å². The number of hydrogen-bond donors (Lipinski definition) is 2. The van der Waals surface area contributed by atoms with Crippen LogP contribution in [0.25, 0.3) is 33.3 Å². The summed E-state index contributed by atoms with van der Waals surface area (Å²) in [6.07, 6.45) is 8.91. The van der Waals surface area contributed by atoms with E-state index in [4.69, 9.17) is 4.98 Å². The lowest BCUT2D eigenvalue weighted by atomic mass is 9.92. The van der Waals surface area contributed by atoms with Crippen molar-refractivity contribution in [1.29, 1.82) is 0 Å². The fraction of sp³-hybridized carbons (Fsp3) is 0.423. The van der Waals surface area contributed by atoms with Crippen molar-refractivity contribution >= 4 is 21.9 Å². The molecule has 1 saturated heterocycles. The molecule has 1 fully saturated rings. The van der Waals surface area contributed by atoms with E-state index in [0.717, 1.165) is 29.3 Å². The number of unbranched alkanes of at least 4 members (excludes halogenated alkanes) is 1. The van der Waals surface area contributed by atoms with Gasteiger partial charge < -0.3 is 14.9 Å². The molecule has 3 heterocycles. The van der Waals surface area contributed by atoms with E-state index >= 15 is 0 Å². The van der Waals surface area contributed by atoms with Gasteiger partial charge in [0.05, 0.1) is 11.0 Å². The van der Waals surface area contributed by atoms with Crippen LogP contribution < -0.4 is 5.32 Å². The second-order valence-corrected chi connectivity index (χ2v) is 9.00. The Morgan fingerprint density at radius 3 is 2.80 bits per heavy atom. The van der Waals surface area contributed by atoms with E-state index in [-0.39, 0.29) is 0 Å². The minimum absolute atomic E-state index is 0.930. The number of aromatic amines is 1. The van der Waals surface area contributed by atoms with Crippen LogP contribution in [-0.4, -0.2) is 27.6 Å². The number of hydrogen-bond acceptors (Lipinski definition) is 2. The number of fused-ring (bicyclic) bond motifs is 2. The van der Waals surface area contributed by atoms with E-state index in [1.807, 2.05) is 0 Å². The van der Waals surface area contributed by atoms with Crippen LogP contribution in [0, 0.1) is 19.8 Å². The van der Waals surface area contributed by atoms with Crippen molar-refractivity contribution in [2.24, 2.45) is 5.92 Å². The van der Waals surface area contributed by atoms with Gasteiger partial charge in [0, 0.05) is 29.2 Å². The summed E-state index contributed by atoms with van der Waals surface area (Å²) in [6.45, 7) is 7.78. The molecule has 2 aromatic heterocycles.